The second-order valence-electron chi connectivity index (χ2n) is 7.17. The quantitative estimate of drug-likeness (QED) is 0.869. The van der Waals surface area contributed by atoms with E-state index in [1.165, 1.54) is 0 Å². The highest BCUT2D eigenvalue weighted by Gasteiger charge is 2.18. The molecule has 0 radical (unpaired) electrons. The highest BCUT2D eigenvalue weighted by molar-refractivity contribution is 5.86. The molecule has 134 valence electrons. The van der Waals surface area contributed by atoms with Crippen molar-refractivity contribution in [2.75, 3.05) is 0 Å². The number of alkyl carbamates (subject to hydrolysis) is 1. The molecule has 2 aromatic rings. The molecule has 2 amide bonds. The topological polar surface area (TPSA) is 67.4 Å². The Balaban J connectivity index is 1.85. The highest BCUT2D eigenvalue weighted by Crippen LogP contribution is 2.18. The van der Waals surface area contributed by atoms with Crippen molar-refractivity contribution in [2.24, 2.45) is 0 Å². The van der Waals surface area contributed by atoms with Crippen molar-refractivity contribution in [1.82, 2.24) is 10.6 Å². The maximum atomic E-state index is 12.1. The lowest BCUT2D eigenvalue weighted by Gasteiger charge is -2.21. The number of fused-ring (bicyclic) bond motifs is 1. The summed E-state index contributed by atoms with van der Waals surface area (Å²) in [5.41, 5.74) is 0.514. The van der Waals surface area contributed by atoms with E-state index < -0.39 is 11.7 Å². The molecule has 0 aliphatic rings. The van der Waals surface area contributed by atoms with Crippen LogP contribution in [0.25, 0.3) is 10.8 Å². The lowest BCUT2D eigenvalue weighted by Crippen LogP contribution is -2.40. The van der Waals surface area contributed by atoms with Crippen molar-refractivity contribution in [3.8, 4) is 0 Å². The van der Waals surface area contributed by atoms with Crippen molar-refractivity contribution < 1.29 is 14.3 Å². The number of carbonyl (C=O) groups excluding carboxylic acids is 2. The normalized spacial score (nSPS) is 12.5. The second kappa shape index (κ2) is 8.01. The average Bonchev–Trinajstić information content (AvgIpc) is 2.50. The van der Waals surface area contributed by atoms with Crippen molar-refractivity contribution >= 4 is 22.8 Å². The Labute approximate surface area is 148 Å². The van der Waals surface area contributed by atoms with Gasteiger partial charge in [-0.25, -0.2) is 4.79 Å². The number of hydrogen-bond donors (Lipinski definition) is 2. The summed E-state index contributed by atoms with van der Waals surface area (Å²) in [5, 5.41) is 7.86. The predicted octanol–water partition coefficient (Wildman–Crippen LogP) is 3.76. The zero-order valence-corrected chi connectivity index (χ0v) is 15.3. The van der Waals surface area contributed by atoms with E-state index in [1.807, 2.05) is 42.5 Å². The van der Waals surface area contributed by atoms with Crippen molar-refractivity contribution in [2.45, 2.75) is 52.3 Å². The molecular weight excluding hydrogens is 316 g/mol. The maximum Gasteiger partial charge on any atom is 0.407 e. The molecule has 0 aliphatic carbocycles. The largest absolute Gasteiger partial charge is 0.444 e. The number of nitrogens with one attached hydrogen (secondary N) is 2. The van der Waals surface area contributed by atoms with E-state index in [1.54, 1.807) is 27.7 Å². The van der Waals surface area contributed by atoms with E-state index in [4.69, 9.17) is 4.74 Å². The maximum absolute atomic E-state index is 12.1. The summed E-state index contributed by atoms with van der Waals surface area (Å²) in [4.78, 5) is 23.8. The van der Waals surface area contributed by atoms with Gasteiger partial charge in [-0.3, -0.25) is 4.79 Å². The van der Waals surface area contributed by atoms with Crippen LogP contribution in [-0.2, 0) is 16.1 Å². The summed E-state index contributed by atoms with van der Waals surface area (Å²) in [5.74, 6) is -0.114. The smallest absolute Gasteiger partial charge is 0.407 e. The number of hydrogen-bond acceptors (Lipinski definition) is 3. The van der Waals surface area contributed by atoms with Gasteiger partial charge in [0.25, 0.3) is 0 Å². The van der Waals surface area contributed by atoms with Gasteiger partial charge in [-0.15, -0.1) is 0 Å². The number of carbonyl (C=O) groups is 2. The van der Waals surface area contributed by atoms with E-state index in [9.17, 15) is 9.59 Å². The second-order valence-corrected chi connectivity index (χ2v) is 7.17. The summed E-state index contributed by atoms with van der Waals surface area (Å²) >= 11 is 0. The van der Waals surface area contributed by atoms with Crippen LogP contribution in [-0.4, -0.2) is 23.6 Å². The van der Waals surface area contributed by atoms with Crippen LogP contribution in [0.4, 0.5) is 4.79 Å². The Kier molecular flexibility index (Phi) is 6.02. The van der Waals surface area contributed by atoms with E-state index >= 15 is 0 Å². The van der Waals surface area contributed by atoms with E-state index in [0.29, 0.717) is 6.54 Å². The van der Waals surface area contributed by atoms with Crippen LogP contribution >= 0.6 is 0 Å². The summed E-state index contributed by atoms with van der Waals surface area (Å²) in [7, 11) is 0. The van der Waals surface area contributed by atoms with Gasteiger partial charge in [0, 0.05) is 19.0 Å². The highest BCUT2D eigenvalue weighted by atomic mass is 16.6. The van der Waals surface area contributed by atoms with Crippen LogP contribution in [0.3, 0.4) is 0 Å². The monoisotopic (exact) mass is 342 g/mol. The summed E-state index contributed by atoms with van der Waals surface area (Å²) in [6, 6.07) is 13.8. The third-order valence-electron chi connectivity index (χ3n) is 3.61. The molecule has 0 saturated heterocycles. The van der Waals surface area contributed by atoms with Crippen LogP contribution < -0.4 is 10.6 Å². The van der Waals surface area contributed by atoms with E-state index in [0.717, 1.165) is 16.3 Å². The Morgan fingerprint density at radius 1 is 1.08 bits per heavy atom. The molecule has 1 atom stereocenters. The molecule has 2 N–H and O–H groups in total. The molecule has 0 spiro atoms. The van der Waals surface area contributed by atoms with Crippen molar-refractivity contribution in [1.29, 1.82) is 0 Å². The minimum Gasteiger partial charge on any atom is -0.444 e. The lowest BCUT2D eigenvalue weighted by atomic mass is 10.0. The fourth-order valence-electron chi connectivity index (χ4n) is 2.55. The van der Waals surface area contributed by atoms with Crippen LogP contribution in [0.2, 0.25) is 0 Å². The van der Waals surface area contributed by atoms with Crippen LogP contribution in [0, 0.1) is 0 Å². The Morgan fingerprint density at radius 3 is 2.48 bits per heavy atom. The third-order valence-corrected chi connectivity index (χ3v) is 3.61. The molecule has 2 rings (SSSR count). The fraction of sp³-hybridized carbons (Fsp3) is 0.400. The van der Waals surface area contributed by atoms with E-state index in [2.05, 4.69) is 10.6 Å². The van der Waals surface area contributed by atoms with Crippen LogP contribution in [0.5, 0.6) is 0 Å². The molecular formula is C20H26N2O3. The summed E-state index contributed by atoms with van der Waals surface area (Å²) in [6.07, 6.45) is -0.314. The zero-order chi connectivity index (χ0) is 18.4. The molecule has 2 aromatic carbocycles. The minimum absolute atomic E-state index is 0.114. The fourth-order valence-corrected chi connectivity index (χ4v) is 2.55. The number of ether oxygens (including phenoxy) is 1. The van der Waals surface area contributed by atoms with Gasteiger partial charge in [-0.1, -0.05) is 42.5 Å². The third kappa shape index (κ3) is 6.10. The van der Waals surface area contributed by atoms with Gasteiger partial charge in [-0.05, 0) is 44.0 Å². The van der Waals surface area contributed by atoms with Crippen LogP contribution in [0.1, 0.15) is 39.7 Å². The van der Waals surface area contributed by atoms with Crippen molar-refractivity contribution in [3.63, 3.8) is 0 Å². The van der Waals surface area contributed by atoms with E-state index in [-0.39, 0.29) is 18.4 Å². The first kappa shape index (κ1) is 18.8. The predicted molar refractivity (Wildman–Crippen MR) is 99.2 cm³/mol. The van der Waals surface area contributed by atoms with Gasteiger partial charge >= 0.3 is 6.09 Å². The first-order chi connectivity index (χ1) is 11.7. The number of benzene rings is 2. The molecule has 0 aromatic heterocycles. The van der Waals surface area contributed by atoms with Gasteiger partial charge in [0.05, 0.1) is 0 Å². The van der Waals surface area contributed by atoms with Gasteiger partial charge in [-0.2, -0.15) is 0 Å². The molecule has 0 fully saturated rings. The number of amides is 2. The molecule has 0 bridgehead atoms. The average molecular weight is 342 g/mol. The SMILES string of the molecule is CC(CC(=O)NCc1cccc2ccccc12)NC(=O)OC(C)(C)C. The number of rotatable bonds is 5. The molecule has 25 heavy (non-hydrogen) atoms. The van der Waals surface area contributed by atoms with Gasteiger partial charge in [0.2, 0.25) is 5.91 Å². The summed E-state index contributed by atoms with van der Waals surface area (Å²) in [6.45, 7) is 7.64. The van der Waals surface area contributed by atoms with Crippen molar-refractivity contribution in [3.05, 3.63) is 48.0 Å². The Bertz CT molecular complexity index is 745. The zero-order valence-electron chi connectivity index (χ0n) is 15.3. The van der Waals surface area contributed by atoms with Gasteiger partial charge in [0.15, 0.2) is 0 Å². The first-order valence-electron chi connectivity index (χ1n) is 8.47. The first-order valence-corrected chi connectivity index (χ1v) is 8.47. The lowest BCUT2D eigenvalue weighted by molar-refractivity contribution is -0.121. The molecule has 5 nitrogen and oxygen atoms in total. The summed E-state index contributed by atoms with van der Waals surface area (Å²) < 4.78 is 5.19. The molecule has 5 heteroatoms. The molecule has 0 saturated carbocycles. The Hall–Kier alpha value is -2.56. The van der Waals surface area contributed by atoms with Gasteiger partial charge in [0.1, 0.15) is 5.60 Å². The Morgan fingerprint density at radius 2 is 1.76 bits per heavy atom. The molecule has 1 unspecified atom stereocenters. The molecule has 0 heterocycles. The van der Waals surface area contributed by atoms with Gasteiger partial charge < -0.3 is 15.4 Å². The molecule has 0 aliphatic heterocycles. The van der Waals surface area contributed by atoms with Crippen LogP contribution in [0.15, 0.2) is 42.5 Å². The minimum atomic E-state index is -0.555. The standard InChI is InChI=1S/C20H26N2O3/c1-14(22-19(24)25-20(2,3)4)12-18(23)21-13-16-10-7-9-15-8-5-6-11-17(15)16/h5-11,14H,12-13H2,1-4H3,(H,21,23)(H,22,24).